The third-order valence-corrected chi connectivity index (χ3v) is 5.12. The number of carbonyl (C=O) groups is 1. The SMILES string of the molecule is COc1ccc(CCNC(=O)c2cc(NC3CCCCC3)ccn2)cc1OC. The van der Waals surface area contributed by atoms with Gasteiger partial charge in [-0.15, -0.1) is 0 Å². The summed E-state index contributed by atoms with van der Waals surface area (Å²) in [5.41, 5.74) is 2.47. The first-order valence-corrected chi connectivity index (χ1v) is 9.91. The van der Waals surface area contributed by atoms with Gasteiger partial charge in [-0.05, 0) is 49.1 Å². The Balaban J connectivity index is 1.52. The predicted molar refractivity (Wildman–Crippen MR) is 110 cm³/mol. The molecule has 0 unspecified atom stereocenters. The van der Waals surface area contributed by atoms with Crippen LogP contribution in [0.2, 0.25) is 0 Å². The Morgan fingerprint density at radius 3 is 2.61 bits per heavy atom. The quantitative estimate of drug-likeness (QED) is 0.725. The van der Waals surface area contributed by atoms with Gasteiger partial charge < -0.3 is 20.1 Å². The van der Waals surface area contributed by atoms with Crippen molar-refractivity contribution in [2.24, 2.45) is 0 Å². The predicted octanol–water partition coefficient (Wildman–Crippen LogP) is 3.82. The van der Waals surface area contributed by atoms with E-state index in [1.807, 2.05) is 30.3 Å². The number of hydrogen-bond donors (Lipinski definition) is 2. The average Bonchev–Trinajstić information content (AvgIpc) is 2.74. The van der Waals surface area contributed by atoms with Gasteiger partial charge in [-0.2, -0.15) is 0 Å². The van der Waals surface area contributed by atoms with E-state index in [9.17, 15) is 4.79 Å². The summed E-state index contributed by atoms with van der Waals surface area (Å²) in [5.74, 6) is 1.23. The van der Waals surface area contributed by atoms with Crippen LogP contribution in [0.5, 0.6) is 11.5 Å². The summed E-state index contributed by atoms with van der Waals surface area (Å²) in [4.78, 5) is 16.7. The Morgan fingerprint density at radius 2 is 1.86 bits per heavy atom. The molecule has 1 aliphatic carbocycles. The zero-order valence-corrected chi connectivity index (χ0v) is 16.7. The van der Waals surface area contributed by atoms with Crippen molar-refractivity contribution in [1.82, 2.24) is 10.3 Å². The molecule has 0 atom stereocenters. The maximum Gasteiger partial charge on any atom is 0.269 e. The number of benzene rings is 1. The van der Waals surface area contributed by atoms with Crippen molar-refractivity contribution < 1.29 is 14.3 Å². The molecule has 1 fully saturated rings. The number of rotatable bonds is 8. The van der Waals surface area contributed by atoms with Gasteiger partial charge in [0.25, 0.3) is 5.91 Å². The highest BCUT2D eigenvalue weighted by molar-refractivity contribution is 5.93. The summed E-state index contributed by atoms with van der Waals surface area (Å²) in [6, 6.07) is 10.0. The molecular formula is C22H29N3O3. The summed E-state index contributed by atoms with van der Waals surface area (Å²) in [7, 11) is 3.23. The number of methoxy groups -OCH3 is 2. The molecule has 0 aliphatic heterocycles. The van der Waals surface area contributed by atoms with Crippen LogP contribution in [0.25, 0.3) is 0 Å². The van der Waals surface area contributed by atoms with Crippen LogP contribution in [0.15, 0.2) is 36.5 Å². The van der Waals surface area contributed by atoms with Gasteiger partial charge in [0.15, 0.2) is 11.5 Å². The van der Waals surface area contributed by atoms with E-state index in [-0.39, 0.29) is 5.91 Å². The van der Waals surface area contributed by atoms with Crippen molar-refractivity contribution in [2.45, 2.75) is 44.6 Å². The van der Waals surface area contributed by atoms with Gasteiger partial charge >= 0.3 is 0 Å². The second-order valence-electron chi connectivity index (χ2n) is 7.10. The van der Waals surface area contributed by atoms with Gasteiger partial charge in [0.05, 0.1) is 14.2 Å². The Bertz CT molecular complexity index is 788. The number of carbonyl (C=O) groups excluding carboxylic acids is 1. The topological polar surface area (TPSA) is 72.5 Å². The van der Waals surface area contributed by atoms with Crippen LogP contribution in [0, 0.1) is 0 Å². The van der Waals surface area contributed by atoms with Crippen molar-refractivity contribution in [3.63, 3.8) is 0 Å². The van der Waals surface area contributed by atoms with Gasteiger partial charge in [-0.25, -0.2) is 0 Å². The molecule has 1 aromatic carbocycles. The first-order valence-electron chi connectivity index (χ1n) is 9.91. The van der Waals surface area contributed by atoms with Crippen LogP contribution in [0.1, 0.15) is 48.2 Å². The number of hydrogen-bond acceptors (Lipinski definition) is 5. The van der Waals surface area contributed by atoms with Crippen LogP contribution in [-0.2, 0) is 6.42 Å². The smallest absolute Gasteiger partial charge is 0.269 e. The van der Waals surface area contributed by atoms with E-state index in [4.69, 9.17) is 9.47 Å². The highest BCUT2D eigenvalue weighted by Crippen LogP contribution is 2.27. The lowest BCUT2D eigenvalue weighted by Crippen LogP contribution is -2.27. The molecule has 150 valence electrons. The van der Waals surface area contributed by atoms with Crippen molar-refractivity contribution in [3.8, 4) is 11.5 Å². The summed E-state index contributed by atoms with van der Waals surface area (Å²) < 4.78 is 10.6. The van der Waals surface area contributed by atoms with E-state index in [1.165, 1.54) is 32.1 Å². The number of anilines is 1. The van der Waals surface area contributed by atoms with Crippen molar-refractivity contribution in [2.75, 3.05) is 26.1 Å². The van der Waals surface area contributed by atoms with E-state index in [0.29, 0.717) is 36.2 Å². The normalized spacial score (nSPS) is 14.4. The maximum atomic E-state index is 12.5. The van der Waals surface area contributed by atoms with Crippen LogP contribution < -0.4 is 20.1 Å². The fraction of sp³-hybridized carbons (Fsp3) is 0.455. The minimum atomic E-state index is -0.159. The Labute approximate surface area is 166 Å². The van der Waals surface area contributed by atoms with Crippen LogP contribution in [-0.4, -0.2) is 37.7 Å². The molecule has 0 saturated heterocycles. The maximum absolute atomic E-state index is 12.5. The fourth-order valence-electron chi connectivity index (χ4n) is 3.57. The van der Waals surface area contributed by atoms with E-state index < -0.39 is 0 Å². The molecule has 1 amide bonds. The zero-order valence-electron chi connectivity index (χ0n) is 16.7. The second kappa shape index (κ2) is 9.97. The van der Waals surface area contributed by atoms with Gasteiger partial charge in [0.2, 0.25) is 0 Å². The lowest BCUT2D eigenvalue weighted by atomic mass is 9.95. The first kappa shape index (κ1) is 20.0. The summed E-state index contributed by atoms with van der Waals surface area (Å²) in [5, 5.41) is 6.48. The lowest BCUT2D eigenvalue weighted by Gasteiger charge is -2.23. The molecule has 1 saturated carbocycles. The number of ether oxygens (including phenoxy) is 2. The summed E-state index contributed by atoms with van der Waals surface area (Å²) >= 11 is 0. The molecular weight excluding hydrogens is 354 g/mol. The van der Waals surface area contributed by atoms with Crippen LogP contribution >= 0.6 is 0 Å². The van der Waals surface area contributed by atoms with Gasteiger partial charge in [0, 0.05) is 24.5 Å². The van der Waals surface area contributed by atoms with Crippen molar-refractivity contribution >= 4 is 11.6 Å². The van der Waals surface area contributed by atoms with Crippen LogP contribution in [0.3, 0.4) is 0 Å². The molecule has 3 rings (SSSR count). The van der Waals surface area contributed by atoms with Crippen LogP contribution in [0.4, 0.5) is 5.69 Å². The highest BCUT2D eigenvalue weighted by Gasteiger charge is 2.14. The van der Waals surface area contributed by atoms with E-state index >= 15 is 0 Å². The molecule has 28 heavy (non-hydrogen) atoms. The molecule has 6 nitrogen and oxygen atoms in total. The zero-order chi connectivity index (χ0) is 19.8. The largest absolute Gasteiger partial charge is 0.493 e. The minimum Gasteiger partial charge on any atom is -0.493 e. The number of nitrogens with zero attached hydrogens (tertiary/aromatic N) is 1. The minimum absolute atomic E-state index is 0.159. The Morgan fingerprint density at radius 1 is 1.07 bits per heavy atom. The lowest BCUT2D eigenvalue weighted by molar-refractivity contribution is 0.0949. The molecule has 0 spiro atoms. The van der Waals surface area contributed by atoms with E-state index in [2.05, 4.69) is 15.6 Å². The van der Waals surface area contributed by atoms with Crippen molar-refractivity contribution in [3.05, 3.63) is 47.8 Å². The molecule has 2 aromatic rings. The number of nitrogens with one attached hydrogen (secondary N) is 2. The number of aromatic nitrogens is 1. The Hall–Kier alpha value is -2.76. The number of pyridine rings is 1. The third kappa shape index (κ3) is 5.38. The molecule has 2 N–H and O–H groups in total. The molecule has 1 heterocycles. The molecule has 1 aromatic heterocycles. The van der Waals surface area contributed by atoms with E-state index in [1.54, 1.807) is 20.4 Å². The standard InChI is InChI=1S/C22H29N3O3/c1-27-20-9-8-16(14-21(20)28-2)10-12-24-22(26)19-15-18(11-13-23-19)25-17-6-4-3-5-7-17/h8-9,11,13-15,17H,3-7,10,12H2,1-2H3,(H,23,25)(H,24,26). The van der Waals surface area contributed by atoms with Gasteiger partial charge in [0.1, 0.15) is 5.69 Å². The third-order valence-electron chi connectivity index (χ3n) is 5.12. The highest BCUT2D eigenvalue weighted by atomic mass is 16.5. The monoisotopic (exact) mass is 383 g/mol. The average molecular weight is 383 g/mol. The van der Waals surface area contributed by atoms with Gasteiger partial charge in [-0.1, -0.05) is 25.3 Å². The van der Waals surface area contributed by atoms with Gasteiger partial charge in [-0.3, -0.25) is 9.78 Å². The second-order valence-corrected chi connectivity index (χ2v) is 7.10. The van der Waals surface area contributed by atoms with Crippen molar-refractivity contribution in [1.29, 1.82) is 0 Å². The fourth-order valence-corrected chi connectivity index (χ4v) is 3.57. The molecule has 6 heteroatoms. The first-order chi connectivity index (χ1) is 13.7. The summed E-state index contributed by atoms with van der Waals surface area (Å²) in [6.07, 6.45) is 8.63. The molecule has 0 radical (unpaired) electrons. The molecule has 1 aliphatic rings. The molecule has 0 bridgehead atoms. The number of amides is 1. The Kier molecular flexibility index (Phi) is 7.12. The summed E-state index contributed by atoms with van der Waals surface area (Å²) in [6.45, 7) is 0.524. The van der Waals surface area contributed by atoms with E-state index in [0.717, 1.165) is 11.3 Å².